The monoisotopic (exact) mass is 670 g/mol. The molecule has 0 aliphatic rings. The summed E-state index contributed by atoms with van der Waals surface area (Å²) in [6.07, 6.45) is 0. The van der Waals surface area contributed by atoms with E-state index >= 15 is 0 Å². The highest BCUT2D eigenvalue weighted by Gasteiger charge is 2.35. The summed E-state index contributed by atoms with van der Waals surface area (Å²) in [5.41, 5.74) is 0.0583. The molecule has 0 aliphatic heterocycles. The summed E-state index contributed by atoms with van der Waals surface area (Å²) in [5.74, 6) is -1.25. The van der Waals surface area contributed by atoms with Crippen LogP contribution in [0.2, 0.25) is 15.1 Å². The van der Waals surface area contributed by atoms with Crippen molar-refractivity contribution in [2.24, 2.45) is 0 Å². The second kappa shape index (κ2) is 14.3. The quantitative estimate of drug-likeness (QED) is 0.195. The molecule has 3 aromatic carbocycles. The van der Waals surface area contributed by atoms with Gasteiger partial charge in [-0.15, -0.1) is 0 Å². The van der Waals surface area contributed by atoms with Gasteiger partial charge in [0.25, 0.3) is 15.7 Å². The van der Waals surface area contributed by atoms with E-state index < -0.39 is 49.9 Å². The highest BCUT2D eigenvalue weighted by molar-refractivity contribution is 7.92. The van der Waals surface area contributed by atoms with Gasteiger partial charge in [-0.05, 0) is 57.2 Å². The Hall–Kier alpha value is -3.58. The Morgan fingerprint density at radius 2 is 1.72 bits per heavy atom. The van der Waals surface area contributed by atoms with Crippen LogP contribution < -0.4 is 14.4 Å². The average Bonchev–Trinajstić information content (AvgIpc) is 2.95. The second-order valence-electron chi connectivity index (χ2n) is 9.33. The fourth-order valence-electron chi connectivity index (χ4n) is 4.20. The summed E-state index contributed by atoms with van der Waals surface area (Å²) < 4.78 is 34.4. The van der Waals surface area contributed by atoms with Gasteiger partial charge in [-0.2, -0.15) is 0 Å². The van der Waals surface area contributed by atoms with E-state index in [0.717, 1.165) is 15.3 Å². The molecule has 15 heteroatoms. The molecule has 0 heterocycles. The van der Waals surface area contributed by atoms with Crippen molar-refractivity contribution in [1.82, 2.24) is 10.2 Å². The molecule has 0 radical (unpaired) electrons. The number of benzene rings is 3. The van der Waals surface area contributed by atoms with Crippen LogP contribution in [0.1, 0.15) is 25.0 Å². The van der Waals surface area contributed by atoms with Crippen molar-refractivity contribution in [2.75, 3.05) is 24.5 Å². The molecule has 0 spiro atoms. The number of nitrogens with one attached hydrogen (secondary N) is 1. The number of nitro benzene ring substituents is 1. The van der Waals surface area contributed by atoms with Gasteiger partial charge >= 0.3 is 0 Å². The lowest BCUT2D eigenvalue weighted by Gasteiger charge is -2.32. The minimum absolute atomic E-state index is 0.0554. The first-order valence-corrected chi connectivity index (χ1v) is 15.4. The number of methoxy groups -OCH3 is 1. The molecule has 0 bridgehead atoms. The van der Waals surface area contributed by atoms with E-state index in [2.05, 4.69) is 5.32 Å². The summed E-state index contributed by atoms with van der Waals surface area (Å²) in [7, 11) is -3.36. The fourth-order valence-corrected chi connectivity index (χ4v) is 6.32. The van der Waals surface area contributed by atoms with Crippen molar-refractivity contribution < 1.29 is 27.7 Å². The number of nitrogens with zero attached hydrogens (tertiary/aromatic N) is 3. The van der Waals surface area contributed by atoms with E-state index in [4.69, 9.17) is 39.5 Å². The number of carbonyl (C=O) groups is 2. The highest BCUT2D eigenvalue weighted by Crippen LogP contribution is 2.36. The fraction of sp³-hybridized carbons (Fsp3) is 0.286. The van der Waals surface area contributed by atoms with Crippen LogP contribution in [-0.4, -0.2) is 56.3 Å². The molecule has 0 aliphatic carbocycles. The van der Waals surface area contributed by atoms with Gasteiger partial charge in [-0.3, -0.25) is 24.0 Å². The van der Waals surface area contributed by atoms with Gasteiger partial charge in [0.15, 0.2) is 0 Å². The average molecular weight is 672 g/mol. The molecule has 1 N–H and O–H groups in total. The van der Waals surface area contributed by atoms with E-state index in [1.165, 1.54) is 51.3 Å². The first-order chi connectivity index (χ1) is 20.2. The number of ether oxygens (including phenoxy) is 1. The third-order valence-electron chi connectivity index (χ3n) is 6.56. The molecule has 11 nitrogen and oxygen atoms in total. The van der Waals surface area contributed by atoms with Crippen molar-refractivity contribution >= 4 is 68.0 Å². The normalized spacial score (nSPS) is 11.9. The zero-order valence-electron chi connectivity index (χ0n) is 23.6. The molecule has 0 saturated carbocycles. The predicted molar refractivity (Wildman–Crippen MR) is 166 cm³/mol. The number of amides is 2. The molecular formula is C28H29Cl3N4O7S. The van der Waals surface area contributed by atoms with Crippen LogP contribution in [0.5, 0.6) is 5.75 Å². The summed E-state index contributed by atoms with van der Waals surface area (Å²) >= 11 is 19.0. The Kier molecular flexibility index (Phi) is 11.2. The van der Waals surface area contributed by atoms with E-state index in [1.54, 1.807) is 25.1 Å². The molecule has 0 unspecified atom stereocenters. The lowest BCUT2D eigenvalue weighted by molar-refractivity contribution is -0.385. The van der Waals surface area contributed by atoms with Gasteiger partial charge in [-0.25, -0.2) is 8.42 Å². The summed E-state index contributed by atoms with van der Waals surface area (Å²) in [5, 5.41) is 14.9. The van der Waals surface area contributed by atoms with Crippen LogP contribution in [0.4, 0.5) is 11.4 Å². The largest absolute Gasteiger partial charge is 0.495 e. The summed E-state index contributed by atoms with van der Waals surface area (Å²) in [6, 6.07) is 11.3. The standard InChI is InChI=1S/C28H29Cl3N4O7S/c1-5-32-28(37)18(3)33(15-21-22(30)7-6-8-23(21)31)27(36)16-34(25-13-19(29)10-12-26(25)42-4)43(40,41)20-11-9-17(2)24(14-20)35(38)39/h6-14,18H,5,15-16H2,1-4H3,(H,32,37)/t18-/m0/s1. The number of anilines is 1. The van der Waals surface area contributed by atoms with Crippen molar-refractivity contribution in [3.63, 3.8) is 0 Å². The number of carbonyl (C=O) groups excluding carboxylic acids is 2. The number of rotatable bonds is 12. The maximum Gasteiger partial charge on any atom is 0.273 e. The maximum absolute atomic E-state index is 14.1. The van der Waals surface area contributed by atoms with E-state index in [1.807, 2.05) is 0 Å². The molecule has 0 fully saturated rings. The Labute approximate surface area is 264 Å². The van der Waals surface area contributed by atoms with Crippen molar-refractivity contribution in [2.45, 2.75) is 38.3 Å². The van der Waals surface area contributed by atoms with Crippen LogP contribution >= 0.6 is 34.8 Å². The summed E-state index contributed by atoms with van der Waals surface area (Å²) in [4.78, 5) is 38.6. The lowest BCUT2D eigenvalue weighted by atomic mass is 10.1. The van der Waals surface area contributed by atoms with Gasteiger partial charge in [0.05, 0.1) is 22.6 Å². The Morgan fingerprint density at radius 1 is 1.07 bits per heavy atom. The molecule has 43 heavy (non-hydrogen) atoms. The van der Waals surface area contributed by atoms with Crippen LogP contribution in [-0.2, 0) is 26.2 Å². The third kappa shape index (κ3) is 7.69. The number of nitro groups is 1. The SMILES string of the molecule is CCNC(=O)[C@H](C)N(Cc1c(Cl)cccc1Cl)C(=O)CN(c1cc(Cl)ccc1OC)S(=O)(=O)c1ccc(C)c([N+](=O)[O-])c1. The third-order valence-corrected chi connectivity index (χ3v) is 9.26. The molecule has 3 rings (SSSR count). The molecule has 3 aromatic rings. The van der Waals surface area contributed by atoms with Gasteiger partial charge in [0.1, 0.15) is 18.3 Å². The minimum atomic E-state index is -4.66. The Bertz CT molecular complexity index is 1630. The maximum atomic E-state index is 14.1. The smallest absolute Gasteiger partial charge is 0.273 e. The minimum Gasteiger partial charge on any atom is -0.495 e. The first kappa shape index (κ1) is 33.9. The molecule has 0 saturated heterocycles. The van der Waals surface area contributed by atoms with Crippen molar-refractivity contribution in [3.05, 3.63) is 90.9 Å². The Morgan fingerprint density at radius 3 is 2.30 bits per heavy atom. The highest BCUT2D eigenvalue weighted by atomic mass is 35.5. The van der Waals surface area contributed by atoms with Gasteiger partial charge in [0, 0.05) is 45.4 Å². The molecule has 1 atom stereocenters. The predicted octanol–water partition coefficient (Wildman–Crippen LogP) is 5.62. The number of hydrogen-bond donors (Lipinski definition) is 1. The zero-order chi connectivity index (χ0) is 32.1. The van der Waals surface area contributed by atoms with Gasteiger partial charge < -0.3 is 15.0 Å². The van der Waals surface area contributed by atoms with E-state index in [0.29, 0.717) is 5.56 Å². The topological polar surface area (TPSA) is 139 Å². The van der Waals surface area contributed by atoms with Crippen molar-refractivity contribution in [3.8, 4) is 5.75 Å². The first-order valence-electron chi connectivity index (χ1n) is 12.8. The van der Waals surface area contributed by atoms with E-state index in [9.17, 15) is 28.1 Å². The molecule has 2 amide bonds. The number of likely N-dealkylation sites (N-methyl/N-ethyl adjacent to an activating group) is 1. The van der Waals surface area contributed by atoms with E-state index in [-0.39, 0.29) is 45.2 Å². The van der Waals surface area contributed by atoms with Crippen LogP contribution in [0.15, 0.2) is 59.5 Å². The van der Waals surface area contributed by atoms with Gasteiger partial charge in [0.2, 0.25) is 11.8 Å². The molecule has 0 aromatic heterocycles. The zero-order valence-corrected chi connectivity index (χ0v) is 26.7. The van der Waals surface area contributed by atoms with Gasteiger partial charge in [-0.1, -0.05) is 46.9 Å². The second-order valence-corrected chi connectivity index (χ2v) is 12.4. The number of aryl methyl sites for hydroxylation is 1. The van der Waals surface area contributed by atoms with Crippen LogP contribution in [0, 0.1) is 17.0 Å². The number of hydrogen-bond acceptors (Lipinski definition) is 7. The Balaban J connectivity index is 2.20. The summed E-state index contributed by atoms with van der Waals surface area (Å²) in [6.45, 7) is 3.87. The number of halogens is 3. The van der Waals surface area contributed by atoms with Crippen LogP contribution in [0.3, 0.4) is 0 Å². The molecule has 230 valence electrons. The van der Waals surface area contributed by atoms with Crippen molar-refractivity contribution in [1.29, 1.82) is 0 Å². The lowest BCUT2D eigenvalue weighted by Crippen LogP contribution is -2.51. The molecular weight excluding hydrogens is 643 g/mol. The van der Waals surface area contributed by atoms with Crippen LogP contribution in [0.25, 0.3) is 0 Å². The number of sulfonamides is 1.